The van der Waals surface area contributed by atoms with E-state index in [4.69, 9.17) is 0 Å². The molecule has 2 N–H and O–H groups in total. The molecule has 1 aliphatic rings. The normalized spacial score (nSPS) is 18.4. The number of carbonyl (C=O) groups is 1. The van der Waals surface area contributed by atoms with Crippen molar-refractivity contribution in [2.45, 2.75) is 54.2 Å². The van der Waals surface area contributed by atoms with E-state index in [2.05, 4.69) is 10.6 Å². The molecule has 25 heavy (non-hydrogen) atoms. The lowest BCUT2D eigenvalue weighted by Crippen LogP contribution is -2.40. The van der Waals surface area contributed by atoms with Gasteiger partial charge in [-0.3, -0.25) is 4.79 Å². The van der Waals surface area contributed by atoms with Gasteiger partial charge in [0.05, 0.1) is 15.9 Å². The SMILES string of the molecule is CCCS(=O)(=O)c1ccccc1SC(C)C(=O)NCC1CCCN1.Cl. The summed E-state index contributed by atoms with van der Waals surface area (Å²) < 4.78 is 24.8. The fourth-order valence-electron chi connectivity index (χ4n) is 2.73. The second-order valence-electron chi connectivity index (χ2n) is 6.06. The van der Waals surface area contributed by atoms with Crippen molar-refractivity contribution < 1.29 is 13.2 Å². The summed E-state index contributed by atoms with van der Waals surface area (Å²) in [4.78, 5) is 13.3. The van der Waals surface area contributed by atoms with Crippen molar-refractivity contribution >= 4 is 39.9 Å². The summed E-state index contributed by atoms with van der Waals surface area (Å²) in [5, 5.41) is 5.96. The summed E-state index contributed by atoms with van der Waals surface area (Å²) in [6, 6.07) is 7.28. The molecule has 8 heteroatoms. The lowest BCUT2D eigenvalue weighted by Gasteiger charge is -2.16. The summed E-state index contributed by atoms with van der Waals surface area (Å²) in [5.74, 6) is 0.0646. The van der Waals surface area contributed by atoms with Crippen LogP contribution in [-0.2, 0) is 14.6 Å². The summed E-state index contributed by atoms with van der Waals surface area (Å²) >= 11 is 1.30. The number of hydrogen-bond acceptors (Lipinski definition) is 5. The van der Waals surface area contributed by atoms with Gasteiger partial charge in [-0.1, -0.05) is 19.1 Å². The van der Waals surface area contributed by atoms with Crippen LogP contribution in [0.4, 0.5) is 0 Å². The quantitative estimate of drug-likeness (QED) is 0.649. The molecule has 0 radical (unpaired) electrons. The molecule has 1 fully saturated rings. The number of halogens is 1. The minimum Gasteiger partial charge on any atom is -0.354 e. The van der Waals surface area contributed by atoms with Gasteiger partial charge in [-0.15, -0.1) is 24.2 Å². The molecule has 1 saturated heterocycles. The number of rotatable bonds is 8. The number of sulfone groups is 1. The average molecular weight is 407 g/mol. The molecule has 1 amide bonds. The number of amides is 1. The first-order valence-corrected chi connectivity index (χ1v) is 11.0. The van der Waals surface area contributed by atoms with Gasteiger partial charge in [0.2, 0.25) is 5.91 Å². The lowest BCUT2D eigenvalue weighted by atomic mass is 10.2. The van der Waals surface area contributed by atoms with E-state index in [0.29, 0.717) is 28.8 Å². The molecule has 1 heterocycles. The third-order valence-electron chi connectivity index (χ3n) is 4.02. The van der Waals surface area contributed by atoms with E-state index in [9.17, 15) is 13.2 Å². The highest BCUT2D eigenvalue weighted by Crippen LogP contribution is 2.30. The van der Waals surface area contributed by atoms with Crippen LogP contribution in [0.5, 0.6) is 0 Å². The Bertz CT molecular complexity index is 662. The fourth-order valence-corrected chi connectivity index (χ4v) is 5.58. The minimum absolute atomic E-state index is 0. The van der Waals surface area contributed by atoms with Gasteiger partial charge in [0.15, 0.2) is 9.84 Å². The molecule has 2 rings (SSSR count). The van der Waals surface area contributed by atoms with Crippen molar-refractivity contribution in [2.75, 3.05) is 18.8 Å². The molecule has 0 saturated carbocycles. The Balaban J connectivity index is 0.00000312. The monoisotopic (exact) mass is 406 g/mol. The predicted octanol–water partition coefficient (Wildman–Crippen LogP) is 2.64. The van der Waals surface area contributed by atoms with Crippen LogP contribution in [0.3, 0.4) is 0 Å². The van der Waals surface area contributed by atoms with Crippen LogP contribution >= 0.6 is 24.2 Å². The van der Waals surface area contributed by atoms with E-state index in [1.165, 1.54) is 11.8 Å². The fraction of sp³-hybridized carbons (Fsp3) is 0.588. The Kier molecular flexibility index (Phi) is 9.27. The Labute approximate surface area is 161 Å². The molecule has 0 spiro atoms. The molecule has 2 atom stereocenters. The van der Waals surface area contributed by atoms with Crippen LogP contribution < -0.4 is 10.6 Å². The highest BCUT2D eigenvalue weighted by Gasteiger charge is 2.22. The topological polar surface area (TPSA) is 75.3 Å². The number of hydrogen-bond donors (Lipinski definition) is 2. The molecule has 2 unspecified atom stereocenters. The highest BCUT2D eigenvalue weighted by molar-refractivity contribution is 8.01. The molecule has 0 bridgehead atoms. The summed E-state index contributed by atoms with van der Waals surface area (Å²) in [6.45, 7) is 5.29. The van der Waals surface area contributed by atoms with E-state index >= 15 is 0 Å². The zero-order chi connectivity index (χ0) is 17.6. The van der Waals surface area contributed by atoms with Gasteiger partial charge in [-0.2, -0.15) is 0 Å². The molecular weight excluding hydrogens is 380 g/mol. The first-order valence-electron chi connectivity index (χ1n) is 8.43. The van der Waals surface area contributed by atoms with Crippen molar-refractivity contribution in [1.82, 2.24) is 10.6 Å². The molecule has 1 aliphatic heterocycles. The second kappa shape index (κ2) is 10.4. The van der Waals surface area contributed by atoms with Crippen LogP contribution in [0.2, 0.25) is 0 Å². The summed E-state index contributed by atoms with van der Waals surface area (Å²) in [7, 11) is -3.30. The van der Waals surface area contributed by atoms with Crippen LogP contribution in [0.15, 0.2) is 34.1 Å². The van der Waals surface area contributed by atoms with Crippen LogP contribution in [0, 0.1) is 0 Å². The first kappa shape index (κ1) is 22.3. The zero-order valence-corrected chi connectivity index (χ0v) is 17.1. The van der Waals surface area contributed by atoms with Crippen molar-refractivity contribution in [3.05, 3.63) is 24.3 Å². The molecule has 0 aliphatic carbocycles. The van der Waals surface area contributed by atoms with Gasteiger partial charge in [0.1, 0.15) is 0 Å². The maximum atomic E-state index is 12.4. The Morgan fingerprint density at radius 1 is 1.40 bits per heavy atom. The average Bonchev–Trinajstić information content (AvgIpc) is 3.06. The molecule has 0 aromatic heterocycles. The standard InChI is InChI=1S/C17H26N2O3S2.ClH/c1-3-11-24(21,22)16-9-5-4-8-15(16)23-13(2)17(20)19-12-14-7-6-10-18-14;/h4-5,8-9,13-14,18H,3,6-7,10-12H2,1-2H3,(H,19,20);1H. The van der Waals surface area contributed by atoms with Gasteiger partial charge in [-0.25, -0.2) is 8.42 Å². The molecule has 142 valence electrons. The predicted molar refractivity (Wildman–Crippen MR) is 105 cm³/mol. The number of carbonyl (C=O) groups excluding carboxylic acids is 1. The van der Waals surface area contributed by atoms with Gasteiger partial charge < -0.3 is 10.6 Å². The van der Waals surface area contributed by atoms with Crippen LogP contribution in [-0.4, -0.2) is 44.5 Å². The van der Waals surface area contributed by atoms with Crippen molar-refractivity contribution in [2.24, 2.45) is 0 Å². The van der Waals surface area contributed by atoms with Crippen LogP contribution in [0.25, 0.3) is 0 Å². The largest absolute Gasteiger partial charge is 0.354 e. The van der Waals surface area contributed by atoms with Gasteiger partial charge in [0, 0.05) is 17.5 Å². The zero-order valence-electron chi connectivity index (χ0n) is 14.7. The van der Waals surface area contributed by atoms with Gasteiger partial charge >= 0.3 is 0 Å². The minimum atomic E-state index is -3.30. The summed E-state index contributed by atoms with van der Waals surface area (Å²) in [6.07, 6.45) is 2.80. The van der Waals surface area contributed by atoms with E-state index in [1.54, 1.807) is 24.3 Å². The maximum Gasteiger partial charge on any atom is 0.233 e. The third-order valence-corrected chi connectivity index (χ3v) is 7.29. The molecule has 1 aromatic rings. The van der Waals surface area contributed by atoms with Crippen molar-refractivity contribution in [3.8, 4) is 0 Å². The highest BCUT2D eigenvalue weighted by atomic mass is 35.5. The van der Waals surface area contributed by atoms with Gasteiger partial charge in [0.25, 0.3) is 0 Å². The van der Waals surface area contributed by atoms with Crippen LogP contribution in [0.1, 0.15) is 33.1 Å². The Hall–Kier alpha value is -0.760. The third kappa shape index (κ3) is 6.47. The number of thioether (sulfide) groups is 1. The number of nitrogens with one attached hydrogen (secondary N) is 2. The maximum absolute atomic E-state index is 12.4. The van der Waals surface area contributed by atoms with E-state index < -0.39 is 9.84 Å². The smallest absolute Gasteiger partial charge is 0.233 e. The van der Waals surface area contributed by atoms with E-state index in [1.807, 2.05) is 13.8 Å². The molecule has 1 aromatic carbocycles. The lowest BCUT2D eigenvalue weighted by molar-refractivity contribution is -0.120. The van der Waals surface area contributed by atoms with Gasteiger partial charge in [-0.05, 0) is 44.9 Å². The number of benzene rings is 1. The van der Waals surface area contributed by atoms with E-state index in [0.717, 1.165) is 19.4 Å². The molecule has 5 nitrogen and oxygen atoms in total. The Morgan fingerprint density at radius 3 is 2.76 bits per heavy atom. The summed E-state index contributed by atoms with van der Waals surface area (Å²) in [5.41, 5.74) is 0. The molecular formula is C17H27ClN2O3S2. The van der Waals surface area contributed by atoms with Crippen molar-refractivity contribution in [1.29, 1.82) is 0 Å². The Morgan fingerprint density at radius 2 is 2.12 bits per heavy atom. The second-order valence-corrected chi connectivity index (χ2v) is 9.52. The van der Waals surface area contributed by atoms with E-state index in [-0.39, 0.29) is 29.3 Å². The van der Waals surface area contributed by atoms with Crippen molar-refractivity contribution in [3.63, 3.8) is 0 Å². The first-order chi connectivity index (χ1) is 11.4.